The summed E-state index contributed by atoms with van der Waals surface area (Å²) >= 11 is 0. The molecule has 1 unspecified atom stereocenters. The summed E-state index contributed by atoms with van der Waals surface area (Å²) in [4.78, 5) is 8.78. The molecular weight excluding hydrogens is 234 g/mol. The van der Waals surface area contributed by atoms with Crippen molar-refractivity contribution in [2.24, 2.45) is 5.73 Å². The second kappa shape index (κ2) is 5.93. The van der Waals surface area contributed by atoms with Crippen LogP contribution < -0.4 is 5.73 Å². The van der Waals surface area contributed by atoms with Gasteiger partial charge in [-0.25, -0.2) is 9.97 Å². The van der Waals surface area contributed by atoms with Gasteiger partial charge < -0.3 is 5.73 Å². The van der Waals surface area contributed by atoms with E-state index in [4.69, 9.17) is 5.73 Å². The van der Waals surface area contributed by atoms with Crippen LogP contribution in [-0.2, 0) is 6.54 Å². The fourth-order valence-electron chi connectivity index (χ4n) is 2.09. The van der Waals surface area contributed by atoms with Gasteiger partial charge in [-0.15, -0.1) is 0 Å². The monoisotopic (exact) mass is 255 g/mol. The quantitative estimate of drug-likeness (QED) is 0.910. The summed E-state index contributed by atoms with van der Waals surface area (Å²) in [7, 11) is 0. The largest absolute Gasteiger partial charge is 0.324 e. The first-order valence-electron chi connectivity index (χ1n) is 6.79. The molecule has 3 heteroatoms. The van der Waals surface area contributed by atoms with Crippen molar-refractivity contribution in [3.8, 4) is 11.3 Å². The number of hydrogen-bond donors (Lipinski definition) is 1. The molecule has 0 saturated heterocycles. The Balaban J connectivity index is 2.34. The van der Waals surface area contributed by atoms with E-state index in [0.29, 0.717) is 18.3 Å². The zero-order chi connectivity index (χ0) is 13.8. The van der Waals surface area contributed by atoms with Crippen LogP contribution in [0.2, 0.25) is 0 Å². The molecular formula is C16H21N3. The van der Waals surface area contributed by atoms with E-state index in [2.05, 4.69) is 48.1 Å². The zero-order valence-corrected chi connectivity index (χ0v) is 11.9. The Bertz CT molecular complexity index is 546. The van der Waals surface area contributed by atoms with Gasteiger partial charge in [0.05, 0.1) is 12.2 Å². The lowest BCUT2D eigenvalue weighted by molar-refractivity contribution is 0.734. The molecule has 3 nitrogen and oxygen atoms in total. The maximum absolute atomic E-state index is 5.62. The third-order valence-electron chi connectivity index (χ3n) is 3.47. The normalized spacial score (nSPS) is 12.4. The van der Waals surface area contributed by atoms with Crippen molar-refractivity contribution in [2.45, 2.75) is 39.7 Å². The molecule has 0 saturated carbocycles. The van der Waals surface area contributed by atoms with E-state index in [1.807, 2.05) is 13.0 Å². The van der Waals surface area contributed by atoms with Gasteiger partial charge in [-0.1, -0.05) is 38.1 Å². The molecule has 1 aromatic heterocycles. The second-order valence-corrected chi connectivity index (χ2v) is 4.95. The molecule has 0 bridgehead atoms. The highest BCUT2D eigenvalue weighted by Gasteiger charge is 2.06. The molecule has 1 heterocycles. The average Bonchev–Trinajstić information content (AvgIpc) is 2.46. The summed E-state index contributed by atoms with van der Waals surface area (Å²) in [5.74, 6) is 1.29. The van der Waals surface area contributed by atoms with Gasteiger partial charge in [0, 0.05) is 11.3 Å². The Morgan fingerprint density at radius 1 is 1.16 bits per heavy atom. The molecule has 19 heavy (non-hydrogen) atoms. The Labute approximate surface area is 114 Å². The molecule has 0 fully saturated rings. The van der Waals surface area contributed by atoms with Crippen LogP contribution in [0.4, 0.5) is 0 Å². The Morgan fingerprint density at radius 3 is 2.42 bits per heavy atom. The summed E-state index contributed by atoms with van der Waals surface area (Å²) in [5, 5.41) is 0. The number of benzene rings is 1. The first-order valence-corrected chi connectivity index (χ1v) is 6.79. The predicted octanol–water partition coefficient (Wildman–Crippen LogP) is 3.42. The number of aryl methyl sites for hydroxylation is 1. The Hall–Kier alpha value is -1.74. The number of aromatic nitrogens is 2. The standard InChI is InChI=1S/C16H21N3/c1-4-11(2)13-5-7-14(8-6-13)15-9-12(3)18-16(10-17)19-15/h5-9,11H,4,10,17H2,1-3H3. The van der Waals surface area contributed by atoms with Crippen molar-refractivity contribution in [3.05, 3.63) is 47.4 Å². The summed E-state index contributed by atoms with van der Waals surface area (Å²) < 4.78 is 0. The highest BCUT2D eigenvalue weighted by Crippen LogP contribution is 2.23. The first-order chi connectivity index (χ1) is 9.13. The summed E-state index contributed by atoms with van der Waals surface area (Å²) in [6.45, 7) is 6.80. The van der Waals surface area contributed by atoms with Crippen molar-refractivity contribution < 1.29 is 0 Å². The van der Waals surface area contributed by atoms with E-state index in [0.717, 1.165) is 23.4 Å². The molecule has 0 aliphatic rings. The van der Waals surface area contributed by atoms with Gasteiger partial charge in [-0.3, -0.25) is 0 Å². The third kappa shape index (κ3) is 3.18. The van der Waals surface area contributed by atoms with Crippen LogP contribution in [-0.4, -0.2) is 9.97 Å². The number of nitrogens with two attached hydrogens (primary N) is 1. The number of rotatable bonds is 4. The van der Waals surface area contributed by atoms with Crippen LogP contribution >= 0.6 is 0 Å². The lowest BCUT2D eigenvalue weighted by atomic mass is 9.97. The third-order valence-corrected chi connectivity index (χ3v) is 3.47. The van der Waals surface area contributed by atoms with Gasteiger partial charge in [0.15, 0.2) is 0 Å². The molecule has 0 spiro atoms. The fourth-order valence-corrected chi connectivity index (χ4v) is 2.09. The predicted molar refractivity (Wildman–Crippen MR) is 78.8 cm³/mol. The maximum Gasteiger partial charge on any atom is 0.142 e. The minimum Gasteiger partial charge on any atom is -0.324 e. The van der Waals surface area contributed by atoms with E-state index in [1.54, 1.807) is 0 Å². The molecule has 0 radical (unpaired) electrons. The second-order valence-electron chi connectivity index (χ2n) is 4.95. The molecule has 1 aromatic carbocycles. The van der Waals surface area contributed by atoms with Crippen LogP contribution in [0, 0.1) is 6.92 Å². The van der Waals surface area contributed by atoms with Crippen molar-refractivity contribution >= 4 is 0 Å². The van der Waals surface area contributed by atoms with E-state index in [9.17, 15) is 0 Å². The maximum atomic E-state index is 5.62. The number of nitrogens with zero attached hydrogens (tertiary/aromatic N) is 2. The van der Waals surface area contributed by atoms with Crippen molar-refractivity contribution in [3.63, 3.8) is 0 Å². The van der Waals surface area contributed by atoms with Crippen LogP contribution in [0.25, 0.3) is 11.3 Å². The first kappa shape index (κ1) is 13.7. The molecule has 2 rings (SSSR count). The minimum absolute atomic E-state index is 0.375. The van der Waals surface area contributed by atoms with Crippen LogP contribution in [0.5, 0.6) is 0 Å². The highest BCUT2D eigenvalue weighted by atomic mass is 14.9. The van der Waals surface area contributed by atoms with Gasteiger partial charge in [0.2, 0.25) is 0 Å². The zero-order valence-electron chi connectivity index (χ0n) is 11.9. The van der Waals surface area contributed by atoms with E-state index in [-0.39, 0.29) is 0 Å². The van der Waals surface area contributed by atoms with Crippen molar-refractivity contribution in [2.75, 3.05) is 0 Å². The molecule has 0 aliphatic carbocycles. The lowest BCUT2D eigenvalue weighted by Crippen LogP contribution is -2.05. The molecule has 1 atom stereocenters. The van der Waals surface area contributed by atoms with E-state index in [1.165, 1.54) is 5.56 Å². The Kier molecular flexibility index (Phi) is 4.27. The molecule has 2 N–H and O–H groups in total. The van der Waals surface area contributed by atoms with Crippen LogP contribution in [0.1, 0.15) is 43.3 Å². The van der Waals surface area contributed by atoms with Gasteiger partial charge in [0.25, 0.3) is 0 Å². The molecule has 100 valence electrons. The number of hydrogen-bond acceptors (Lipinski definition) is 3. The van der Waals surface area contributed by atoms with Gasteiger partial charge >= 0.3 is 0 Å². The van der Waals surface area contributed by atoms with E-state index < -0.39 is 0 Å². The van der Waals surface area contributed by atoms with Crippen LogP contribution in [0.15, 0.2) is 30.3 Å². The van der Waals surface area contributed by atoms with Crippen LogP contribution in [0.3, 0.4) is 0 Å². The highest BCUT2D eigenvalue weighted by molar-refractivity contribution is 5.59. The lowest BCUT2D eigenvalue weighted by Gasteiger charge is -2.10. The minimum atomic E-state index is 0.375. The molecule has 0 amide bonds. The van der Waals surface area contributed by atoms with E-state index >= 15 is 0 Å². The SMILES string of the molecule is CCC(C)c1ccc(-c2cc(C)nc(CN)n2)cc1. The topological polar surface area (TPSA) is 51.8 Å². The smallest absolute Gasteiger partial charge is 0.142 e. The summed E-state index contributed by atoms with van der Waals surface area (Å²) in [5.41, 5.74) is 10.0. The van der Waals surface area contributed by atoms with Crippen molar-refractivity contribution in [1.82, 2.24) is 9.97 Å². The molecule has 2 aromatic rings. The summed E-state index contributed by atoms with van der Waals surface area (Å²) in [6, 6.07) is 10.6. The summed E-state index contributed by atoms with van der Waals surface area (Å²) in [6.07, 6.45) is 1.16. The fraction of sp³-hybridized carbons (Fsp3) is 0.375. The van der Waals surface area contributed by atoms with Gasteiger partial charge in [0.1, 0.15) is 5.82 Å². The van der Waals surface area contributed by atoms with Gasteiger partial charge in [-0.05, 0) is 30.9 Å². The van der Waals surface area contributed by atoms with Gasteiger partial charge in [-0.2, -0.15) is 0 Å². The Morgan fingerprint density at radius 2 is 1.84 bits per heavy atom. The molecule has 0 aliphatic heterocycles. The average molecular weight is 255 g/mol. The van der Waals surface area contributed by atoms with Crippen molar-refractivity contribution in [1.29, 1.82) is 0 Å².